The number of aryl methyl sites for hydroxylation is 1. The van der Waals surface area contributed by atoms with E-state index < -0.39 is 0 Å². The molecule has 1 N–H and O–H groups in total. The highest BCUT2D eigenvalue weighted by atomic mass is 16.5. The van der Waals surface area contributed by atoms with E-state index in [-0.39, 0.29) is 6.10 Å². The van der Waals surface area contributed by atoms with Crippen LogP contribution in [0.3, 0.4) is 0 Å². The third-order valence-electron chi connectivity index (χ3n) is 4.46. The molecule has 3 rings (SSSR count). The van der Waals surface area contributed by atoms with Crippen molar-refractivity contribution in [1.82, 2.24) is 20.0 Å². The fourth-order valence-electron chi connectivity index (χ4n) is 3.08. The Balaban J connectivity index is 1.57. The van der Waals surface area contributed by atoms with Crippen LogP contribution in [-0.4, -0.2) is 54.5 Å². The molecule has 0 bridgehead atoms. The summed E-state index contributed by atoms with van der Waals surface area (Å²) in [5.74, 6) is 0.892. The molecule has 140 valence electrons. The Bertz CT molecular complexity index is 726. The van der Waals surface area contributed by atoms with Crippen LogP contribution in [0.5, 0.6) is 0 Å². The molecule has 0 spiro atoms. The lowest BCUT2D eigenvalue weighted by atomic mass is 10.1. The number of benzene rings is 1. The molecule has 7 heteroatoms. The van der Waals surface area contributed by atoms with E-state index in [2.05, 4.69) is 44.6 Å². The molecule has 0 saturated carbocycles. The topological polar surface area (TPSA) is 63.9 Å². The second-order valence-corrected chi connectivity index (χ2v) is 6.40. The molecule has 0 amide bonds. The van der Waals surface area contributed by atoms with E-state index in [4.69, 9.17) is 9.47 Å². The van der Waals surface area contributed by atoms with Crippen LogP contribution in [0.4, 0.5) is 0 Å². The van der Waals surface area contributed by atoms with Crippen molar-refractivity contribution in [3.05, 3.63) is 53.3 Å². The lowest BCUT2D eigenvalue weighted by Gasteiger charge is -2.34. The Morgan fingerprint density at radius 3 is 2.77 bits per heavy atom. The summed E-state index contributed by atoms with van der Waals surface area (Å²) in [4.78, 5) is 6.68. The van der Waals surface area contributed by atoms with E-state index in [1.165, 1.54) is 11.1 Å². The minimum Gasteiger partial charge on any atom is -0.380 e. The zero-order valence-corrected chi connectivity index (χ0v) is 15.7. The number of hydrogen-bond acceptors (Lipinski definition) is 4. The molecule has 1 fully saturated rings. The second kappa shape index (κ2) is 8.82. The molecule has 1 aliphatic rings. The number of aromatic nitrogens is 2. The van der Waals surface area contributed by atoms with Gasteiger partial charge < -0.3 is 19.7 Å². The Morgan fingerprint density at radius 2 is 2.12 bits per heavy atom. The molecule has 26 heavy (non-hydrogen) atoms. The molecule has 1 atom stereocenters. The molecule has 0 radical (unpaired) electrons. The van der Waals surface area contributed by atoms with Crippen LogP contribution in [-0.2, 0) is 29.7 Å². The summed E-state index contributed by atoms with van der Waals surface area (Å²) >= 11 is 0. The zero-order chi connectivity index (χ0) is 18.4. The molecule has 7 nitrogen and oxygen atoms in total. The molecule has 2 heterocycles. The van der Waals surface area contributed by atoms with Crippen LogP contribution < -0.4 is 5.32 Å². The maximum Gasteiger partial charge on any atom is 0.194 e. The molecule has 1 aliphatic heterocycles. The first-order valence-electron chi connectivity index (χ1n) is 8.82. The standard InChI is InChI=1S/C19H27N5O2/c1-20-19(21-10-15-4-6-16(7-5-15)14-25-3)24-8-9-26-18(13-24)17-11-22-23(2)12-17/h4-7,11-12,18H,8-10,13-14H2,1-3H3,(H,20,21). The van der Waals surface area contributed by atoms with Crippen molar-refractivity contribution in [1.29, 1.82) is 0 Å². The quantitative estimate of drug-likeness (QED) is 0.652. The van der Waals surface area contributed by atoms with Crippen molar-refractivity contribution in [2.24, 2.45) is 12.0 Å². The van der Waals surface area contributed by atoms with E-state index in [0.29, 0.717) is 13.2 Å². The van der Waals surface area contributed by atoms with Crippen LogP contribution in [0.25, 0.3) is 0 Å². The van der Waals surface area contributed by atoms with Crippen LogP contribution in [0.1, 0.15) is 22.8 Å². The molecule has 1 saturated heterocycles. The predicted molar refractivity (Wildman–Crippen MR) is 101 cm³/mol. The molecule has 1 aromatic carbocycles. The van der Waals surface area contributed by atoms with E-state index in [1.807, 2.05) is 26.5 Å². The first-order valence-corrected chi connectivity index (χ1v) is 8.82. The van der Waals surface area contributed by atoms with Gasteiger partial charge in [0.1, 0.15) is 6.10 Å². The number of guanidine groups is 1. The third kappa shape index (κ3) is 4.62. The Kier molecular flexibility index (Phi) is 6.25. The third-order valence-corrected chi connectivity index (χ3v) is 4.46. The summed E-state index contributed by atoms with van der Waals surface area (Å²) in [7, 11) is 5.45. The van der Waals surface area contributed by atoms with E-state index in [0.717, 1.165) is 31.2 Å². The van der Waals surface area contributed by atoms with Crippen LogP contribution >= 0.6 is 0 Å². The van der Waals surface area contributed by atoms with Crippen molar-refractivity contribution < 1.29 is 9.47 Å². The zero-order valence-electron chi connectivity index (χ0n) is 15.7. The van der Waals surface area contributed by atoms with Crippen LogP contribution in [0, 0.1) is 0 Å². The number of nitrogens with one attached hydrogen (secondary N) is 1. The summed E-state index contributed by atoms with van der Waals surface area (Å²) in [6.07, 6.45) is 3.89. The number of hydrogen-bond donors (Lipinski definition) is 1. The number of methoxy groups -OCH3 is 1. The summed E-state index contributed by atoms with van der Waals surface area (Å²) in [5, 5.41) is 7.69. The lowest BCUT2D eigenvalue weighted by Crippen LogP contribution is -2.47. The normalized spacial score (nSPS) is 18.2. The monoisotopic (exact) mass is 357 g/mol. The maximum absolute atomic E-state index is 5.91. The first kappa shape index (κ1) is 18.4. The van der Waals surface area contributed by atoms with Gasteiger partial charge in [0, 0.05) is 46.1 Å². The highest BCUT2D eigenvalue weighted by Gasteiger charge is 2.25. The van der Waals surface area contributed by atoms with Crippen LogP contribution in [0.15, 0.2) is 41.7 Å². The molecule has 1 aromatic heterocycles. The summed E-state index contributed by atoms with van der Waals surface area (Å²) in [5.41, 5.74) is 3.48. The van der Waals surface area contributed by atoms with Gasteiger partial charge in [0.25, 0.3) is 0 Å². The van der Waals surface area contributed by atoms with Gasteiger partial charge in [-0.1, -0.05) is 24.3 Å². The second-order valence-electron chi connectivity index (χ2n) is 6.40. The van der Waals surface area contributed by atoms with Gasteiger partial charge in [0.05, 0.1) is 26.0 Å². The highest BCUT2D eigenvalue weighted by Crippen LogP contribution is 2.21. The van der Waals surface area contributed by atoms with Crippen molar-refractivity contribution in [3.8, 4) is 0 Å². The van der Waals surface area contributed by atoms with Gasteiger partial charge in [-0.3, -0.25) is 9.67 Å². The Morgan fingerprint density at radius 1 is 1.35 bits per heavy atom. The minimum atomic E-state index is 0.0179. The number of rotatable bonds is 5. The fraction of sp³-hybridized carbons (Fsp3) is 0.474. The summed E-state index contributed by atoms with van der Waals surface area (Å²) in [6, 6.07) is 8.42. The van der Waals surface area contributed by atoms with Crippen molar-refractivity contribution in [3.63, 3.8) is 0 Å². The van der Waals surface area contributed by atoms with Crippen molar-refractivity contribution in [2.45, 2.75) is 19.3 Å². The number of ether oxygens (including phenoxy) is 2. The SMILES string of the molecule is CN=C(NCc1ccc(COC)cc1)N1CCOC(c2cnn(C)c2)C1. The fourth-order valence-corrected chi connectivity index (χ4v) is 3.08. The average Bonchev–Trinajstić information content (AvgIpc) is 3.11. The van der Waals surface area contributed by atoms with Crippen LogP contribution in [0.2, 0.25) is 0 Å². The van der Waals surface area contributed by atoms with Gasteiger partial charge >= 0.3 is 0 Å². The minimum absolute atomic E-state index is 0.0179. The molecule has 2 aromatic rings. The summed E-state index contributed by atoms with van der Waals surface area (Å²) in [6.45, 7) is 3.63. The average molecular weight is 357 g/mol. The van der Waals surface area contributed by atoms with Gasteiger partial charge in [0.2, 0.25) is 0 Å². The molecular formula is C19H27N5O2. The lowest BCUT2D eigenvalue weighted by molar-refractivity contribution is -0.00805. The van der Waals surface area contributed by atoms with Gasteiger partial charge in [-0.25, -0.2) is 0 Å². The highest BCUT2D eigenvalue weighted by molar-refractivity contribution is 5.80. The first-order chi connectivity index (χ1) is 12.7. The Labute approximate surface area is 154 Å². The van der Waals surface area contributed by atoms with Crippen molar-refractivity contribution >= 4 is 5.96 Å². The Hall–Kier alpha value is -2.38. The van der Waals surface area contributed by atoms with Gasteiger partial charge in [-0.05, 0) is 11.1 Å². The number of aliphatic imine (C=N–C) groups is 1. The van der Waals surface area contributed by atoms with E-state index >= 15 is 0 Å². The molecule has 1 unspecified atom stereocenters. The van der Waals surface area contributed by atoms with Gasteiger partial charge in [-0.15, -0.1) is 0 Å². The smallest absolute Gasteiger partial charge is 0.194 e. The summed E-state index contributed by atoms with van der Waals surface area (Å²) < 4.78 is 12.9. The van der Waals surface area contributed by atoms with Gasteiger partial charge in [-0.2, -0.15) is 5.10 Å². The maximum atomic E-state index is 5.91. The number of nitrogens with zero attached hydrogens (tertiary/aromatic N) is 4. The van der Waals surface area contributed by atoms with Gasteiger partial charge in [0.15, 0.2) is 5.96 Å². The largest absolute Gasteiger partial charge is 0.380 e. The van der Waals surface area contributed by atoms with E-state index in [9.17, 15) is 0 Å². The number of morpholine rings is 1. The van der Waals surface area contributed by atoms with E-state index in [1.54, 1.807) is 11.8 Å². The predicted octanol–water partition coefficient (Wildman–Crippen LogP) is 1.72. The molecular weight excluding hydrogens is 330 g/mol. The molecule has 0 aliphatic carbocycles. The van der Waals surface area contributed by atoms with Crippen molar-refractivity contribution in [2.75, 3.05) is 33.9 Å².